The van der Waals surface area contributed by atoms with Crippen LogP contribution in [0.15, 0.2) is 41.7 Å². The van der Waals surface area contributed by atoms with Crippen LogP contribution in [0.2, 0.25) is 0 Å². The Morgan fingerprint density at radius 2 is 2.17 bits per heavy atom. The van der Waals surface area contributed by atoms with Crippen molar-refractivity contribution in [1.82, 2.24) is 19.8 Å². The highest BCUT2D eigenvalue weighted by Gasteiger charge is 2.40. The smallest absolute Gasteiger partial charge is 0.347 e. The number of aromatic nitrogens is 2. The molecule has 4 rings (SSSR count). The van der Waals surface area contributed by atoms with Crippen molar-refractivity contribution in [3.63, 3.8) is 0 Å². The van der Waals surface area contributed by atoms with E-state index in [1.54, 1.807) is 25.4 Å². The van der Waals surface area contributed by atoms with E-state index in [1.165, 1.54) is 0 Å². The van der Waals surface area contributed by atoms with Crippen LogP contribution >= 0.6 is 0 Å². The fourth-order valence-corrected chi connectivity index (χ4v) is 3.95. The molecule has 30 heavy (non-hydrogen) atoms. The first-order chi connectivity index (χ1) is 14.5. The minimum Gasteiger partial charge on any atom is -0.462 e. The largest absolute Gasteiger partial charge is 0.462 e. The van der Waals surface area contributed by atoms with Gasteiger partial charge in [0, 0.05) is 42.5 Å². The topological polar surface area (TPSA) is 87.8 Å². The maximum atomic E-state index is 13.1. The van der Waals surface area contributed by atoms with Crippen LogP contribution in [0.1, 0.15) is 25.3 Å². The molecule has 0 amide bonds. The van der Waals surface area contributed by atoms with Gasteiger partial charge in [-0.15, -0.1) is 0 Å². The number of likely N-dealkylation sites (tertiary alicyclic amines) is 1. The molecule has 2 aromatic heterocycles. The van der Waals surface area contributed by atoms with Crippen molar-refractivity contribution in [1.29, 1.82) is 0 Å². The van der Waals surface area contributed by atoms with Gasteiger partial charge in [0.2, 0.25) is 11.7 Å². The number of carbonyl (C=O) groups is 2. The van der Waals surface area contributed by atoms with E-state index in [-0.39, 0.29) is 17.9 Å². The summed E-state index contributed by atoms with van der Waals surface area (Å²) in [5.74, 6) is -0.667. The van der Waals surface area contributed by atoms with Gasteiger partial charge in [-0.1, -0.05) is 0 Å². The zero-order chi connectivity index (χ0) is 21.3. The number of hydrogen-bond acceptors (Lipinski definition) is 7. The summed E-state index contributed by atoms with van der Waals surface area (Å²) >= 11 is 0. The number of ether oxygens (including phenoxy) is 2. The van der Waals surface area contributed by atoms with E-state index in [9.17, 15) is 9.59 Å². The summed E-state index contributed by atoms with van der Waals surface area (Å²) in [6.45, 7) is 3.33. The first-order valence-corrected chi connectivity index (χ1v) is 10.2. The van der Waals surface area contributed by atoms with Crippen LogP contribution in [0.25, 0.3) is 17.1 Å². The lowest BCUT2D eigenvalue weighted by Crippen LogP contribution is -2.42. The Morgan fingerprint density at radius 1 is 1.40 bits per heavy atom. The zero-order valence-electron chi connectivity index (χ0n) is 17.5. The van der Waals surface area contributed by atoms with Gasteiger partial charge in [0.1, 0.15) is 5.65 Å². The van der Waals surface area contributed by atoms with E-state index >= 15 is 0 Å². The highest BCUT2D eigenvalue weighted by molar-refractivity contribution is 6.26. The molecule has 8 heteroatoms. The molecule has 0 spiro atoms. The number of allylic oxidation sites excluding steroid dienone is 1. The molecule has 1 N–H and O–H groups in total. The SMILES string of the molecule is CCOC(=O)C1=C(N2CCC(N(C)C)CC2)O/C(=C\c2c[nH]c3ncccc23)C1=O. The van der Waals surface area contributed by atoms with Gasteiger partial charge >= 0.3 is 5.97 Å². The van der Waals surface area contributed by atoms with E-state index in [2.05, 4.69) is 29.0 Å². The van der Waals surface area contributed by atoms with Crippen molar-refractivity contribution >= 4 is 28.9 Å². The summed E-state index contributed by atoms with van der Waals surface area (Å²) in [4.78, 5) is 37.2. The van der Waals surface area contributed by atoms with Crippen molar-refractivity contribution in [2.75, 3.05) is 33.8 Å². The van der Waals surface area contributed by atoms with E-state index in [4.69, 9.17) is 9.47 Å². The fraction of sp³-hybridized carbons (Fsp3) is 0.409. The van der Waals surface area contributed by atoms with Crippen molar-refractivity contribution < 1.29 is 19.1 Å². The van der Waals surface area contributed by atoms with Gasteiger partial charge in [0.25, 0.3) is 0 Å². The average molecular weight is 410 g/mol. The van der Waals surface area contributed by atoms with Gasteiger partial charge in [-0.2, -0.15) is 0 Å². The fourth-order valence-electron chi connectivity index (χ4n) is 3.95. The van der Waals surface area contributed by atoms with Gasteiger partial charge < -0.3 is 24.3 Å². The Balaban J connectivity index is 1.64. The van der Waals surface area contributed by atoms with Crippen LogP contribution in [0, 0.1) is 0 Å². The van der Waals surface area contributed by atoms with Crippen LogP contribution in [-0.2, 0) is 19.1 Å². The number of Topliss-reactive ketones (excluding diaryl/α,β-unsaturated/α-hetero) is 1. The molecule has 2 aliphatic rings. The highest BCUT2D eigenvalue weighted by atomic mass is 16.5. The lowest BCUT2D eigenvalue weighted by atomic mass is 10.0. The summed E-state index contributed by atoms with van der Waals surface area (Å²) in [6.07, 6.45) is 6.98. The van der Waals surface area contributed by atoms with E-state index in [1.807, 2.05) is 17.0 Å². The van der Waals surface area contributed by atoms with Gasteiger partial charge in [-0.05, 0) is 52.1 Å². The van der Waals surface area contributed by atoms with Crippen molar-refractivity contribution in [2.24, 2.45) is 0 Å². The van der Waals surface area contributed by atoms with Crippen LogP contribution in [-0.4, -0.2) is 71.4 Å². The van der Waals surface area contributed by atoms with Crippen LogP contribution < -0.4 is 0 Å². The Hall–Kier alpha value is -3.13. The van der Waals surface area contributed by atoms with E-state index in [0.29, 0.717) is 25.0 Å². The minimum atomic E-state index is -0.642. The van der Waals surface area contributed by atoms with Crippen molar-refractivity contribution in [3.8, 4) is 0 Å². The molecule has 0 radical (unpaired) electrons. The summed E-state index contributed by atoms with van der Waals surface area (Å²) < 4.78 is 11.1. The second kappa shape index (κ2) is 8.31. The number of H-pyrrole nitrogens is 1. The van der Waals surface area contributed by atoms with Gasteiger partial charge in [-0.25, -0.2) is 9.78 Å². The third kappa shape index (κ3) is 3.70. The minimum absolute atomic E-state index is 0.0237. The number of rotatable bonds is 5. The Kier molecular flexibility index (Phi) is 5.59. The second-order valence-electron chi connectivity index (χ2n) is 7.67. The molecule has 4 heterocycles. The number of ketones is 1. The van der Waals surface area contributed by atoms with Crippen LogP contribution in [0.4, 0.5) is 0 Å². The molecule has 0 atom stereocenters. The molecular weight excluding hydrogens is 384 g/mol. The molecular formula is C22H26N4O4. The predicted molar refractivity (Wildman–Crippen MR) is 112 cm³/mol. The lowest BCUT2D eigenvalue weighted by molar-refractivity contribution is -0.139. The first kappa shape index (κ1) is 20.2. The summed E-state index contributed by atoms with van der Waals surface area (Å²) in [5.41, 5.74) is 1.47. The molecule has 0 unspecified atom stereocenters. The van der Waals surface area contributed by atoms with Gasteiger partial charge in [0.05, 0.1) is 6.61 Å². The second-order valence-corrected chi connectivity index (χ2v) is 7.67. The molecule has 0 saturated carbocycles. The van der Waals surface area contributed by atoms with E-state index < -0.39 is 11.8 Å². The van der Waals surface area contributed by atoms with Gasteiger partial charge in [0.15, 0.2) is 11.3 Å². The summed E-state index contributed by atoms with van der Waals surface area (Å²) in [6, 6.07) is 4.22. The summed E-state index contributed by atoms with van der Waals surface area (Å²) in [5, 5.41) is 0.874. The molecule has 1 fully saturated rings. The third-order valence-electron chi connectivity index (χ3n) is 5.60. The standard InChI is InChI=1S/C22H26N4O4/c1-4-29-22(28)18-19(27)17(12-14-13-24-20-16(14)6-5-9-23-20)30-21(18)26-10-7-15(8-11-26)25(2)3/h5-6,9,12-13,15H,4,7-8,10-11H2,1-3H3,(H,23,24)/b17-12-. The number of pyridine rings is 1. The zero-order valence-corrected chi connectivity index (χ0v) is 17.5. The average Bonchev–Trinajstić information content (AvgIpc) is 3.30. The Bertz CT molecular complexity index is 1030. The number of fused-ring (bicyclic) bond motifs is 1. The Labute approximate surface area is 175 Å². The molecule has 158 valence electrons. The normalized spacial score (nSPS) is 19.3. The quantitative estimate of drug-likeness (QED) is 0.460. The molecule has 0 aliphatic carbocycles. The maximum absolute atomic E-state index is 13.1. The highest BCUT2D eigenvalue weighted by Crippen LogP contribution is 2.33. The number of esters is 1. The number of nitrogens with zero attached hydrogens (tertiary/aromatic N) is 3. The van der Waals surface area contributed by atoms with Crippen molar-refractivity contribution in [3.05, 3.63) is 47.3 Å². The predicted octanol–water partition coefficient (Wildman–Crippen LogP) is 2.30. The number of carbonyl (C=O) groups excluding carboxylic acids is 2. The summed E-state index contributed by atoms with van der Waals surface area (Å²) in [7, 11) is 4.13. The number of nitrogens with one attached hydrogen (secondary N) is 1. The molecule has 2 aromatic rings. The third-order valence-corrected chi connectivity index (χ3v) is 5.60. The number of hydrogen-bond donors (Lipinski definition) is 1. The number of aromatic amines is 1. The first-order valence-electron chi connectivity index (χ1n) is 10.2. The molecule has 0 aromatic carbocycles. The molecule has 2 aliphatic heterocycles. The van der Waals surface area contributed by atoms with Gasteiger partial charge in [-0.3, -0.25) is 4.79 Å². The lowest BCUT2D eigenvalue weighted by Gasteiger charge is -2.36. The van der Waals surface area contributed by atoms with Crippen molar-refractivity contribution in [2.45, 2.75) is 25.8 Å². The number of piperidine rings is 1. The monoisotopic (exact) mass is 410 g/mol. The van der Waals surface area contributed by atoms with Crippen LogP contribution in [0.3, 0.4) is 0 Å². The van der Waals surface area contributed by atoms with E-state index in [0.717, 1.165) is 29.4 Å². The molecule has 1 saturated heterocycles. The maximum Gasteiger partial charge on any atom is 0.347 e. The molecule has 8 nitrogen and oxygen atoms in total. The molecule has 0 bridgehead atoms. The Morgan fingerprint density at radius 3 is 2.87 bits per heavy atom. The van der Waals surface area contributed by atoms with Crippen LogP contribution in [0.5, 0.6) is 0 Å².